The number of cyclic esters (lactones) is 4. The first-order valence-electron chi connectivity index (χ1n) is 15.8. The molecule has 10 nitrogen and oxygen atoms in total. The van der Waals surface area contributed by atoms with Crippen LogP contribution in [0.4, 0.5) is 9.59 Å². The van der Waals surface area contributed by atoms with Crippen LogP contribution >= 0.6 is 0 Å². The largest absolute Gasteiger partial charge is 0.514 e. The van der Waals surface area contributed by atoms with E-state index >= 15 is 0 Å². The number of carbonyl (C=O) groups is 4. The van der Waals surface area contributed by atoms with E-state index in [0.29, 0.717) is 30.3 Å². The van der Waals surface area contributed by atoms with E-state index in [9.17, 15) is 19.2 Å². The summed E-state index contributed by atoms with van der Waals surface area (Å²) >= 11 is 0. The van der Waals surface area contributed by atoms with E-state index in [0.717, 1.165) is 38.5 Å². The van der Waals surface area contributed by atoms with Crippen molar-refractivity contribution >= 4 is 24.2 Å². The molecule has 44 heavy (non-hydrogen) atoms. The Kier molecular flexibility index (Phi) is 15.8. The number of hydrogen-bond acceptors (Lipinski definition) is 10. The van der Waals surface area contributed by atoms with Crippen molar-refractivity contribution in [3.8, 4) is 0 Å². The fraction of sp³-hybridized carbons (Fsp3) is 0.647. The molecule has 0 radical (unpaired) electrons. The molecule has 0 aromatic carbocycles. The zero-order valence-electron chi connectivity index (χ0n) is 27.0. The number of hydrogen-bond donors (Lipinski definition) is 0. The molecule has 2 aliphatic heterocycles. The van der Waals surface area contributed by atoms with Crippen molar-refractivity contribution in [2.24, 2.45) is 5.92 Å². The lowest BCUT2D eigenvalue weighted by atomic mass is 9.91. The van der Waals surface area contributed by atoms with Crippen molar-refractivity contribution in [2.45, 2.75) is 123 Å². The summed E-state index contributed by atoms with van der Waals surface area (Å²) in [5.74, 6) is 0.607. The summed E-state index contributed by atoms with van der Waals surface area (Å²) in [6.07, 6.45) is 20.0. The van der Waals surface area contributed by atoms with Crippen LogP contribution in [0.5, 0.6) is 0 Å². The number of unbranched alkanes of at least 4 members (excludes halogenated alkanes) is 4. The summed E-state index contributed by atoms with van der Waals surface area (Å²) in [6.45, 7) is 9.52. The number of ether oxygens (including phenoxy) is 6. The molecule has 246 valence electrons. The highest BCUT2D eigenvalue weighted by Gasteiger charge is 2.39. The lowest BCUT2D eigenvalue weighted by molar-refractivity contribution is -0.138. The number of allylic oxidation sites excluding steroid dienone is 2. The van der Waals surface area contributed by atoms with Crippen LogP contribution in [0, 0.1) is 5.92 Å². The van der Waals surface area contributed by atoms with Crippen LogP contribution in [0.3, 0.4) is 0 Å². The number of carbonyl (C=O) groups excluding carboxylic acids is 4. The van der Waals surface area contributed by atoms with Crippen LogP contribution in [0.25, 0.3) is 0 Å². The molecule has 0 aliphatic carbocycles. The predicted octanol–water partition coefficient (Wildman–Crippen LogP) is 8.16. The molecule has 0 aromatic heterocycles. The van der Waals surface area contributed by atoms with E-state index in [-0.39, 0.29) is 13.2 Å². The molecular weight excluding hydrogens is 568 g/mol. The Balaban J connectivity index is 1.64. The maximum absolute atomic E-state index is 12.1. The van der Waals surface area contributed by atoms with Gasteiger partial charge in [-0.3, -0.25) is 0 Å². The van der Waals surface area contributed by atoms with Gasteiger partial charge in [0.15, 0.2) is 22.7 Å². The molecule has 10 heteroatoms. The van der Waals surface area contributed by atoms with Gasteiger partial charge in [0.25, 0.3) is 0 Å². The molecule has 2 heterocycles. The van der Waals surface area contributed by atoms with Gasteiger partial charge in [-0.15, -0.1) is 0 Å². The van der Waals surface area contributed by atoms with Gasteiger partial charge in [0.2, 0.25) is 0 Å². The van der Waals surface area contributed by atoms with Gasteiger partial charge >= 0.3 is 24.2 Å². The minimum atomic E-state index is -0.807. The Morgan fingerprint density at radius 3 is 1.66 bits per heavy atom. The van der Waals surface area contributed by atoms with E-state index < -0.39 is 35.5 Å². The third-order valence-electron chi connectivity index (χ3n) is 7.33. The van der Waals surface area contributed by atoms with Crippen LogP contribution < -0.4 is 0 Å². The minimum Gasteiger partial charge on any atom is -0.462 e. The van der Waals surface area contributed by atoms with Gasteiger partial charge in [0.05, 0.1) is 13.2 Å². The third kappa shape index (κ3) is 14.3. The van der Waals surface area contributed by atoms with E-state index in [2.05, 4.69) is 6.92 Å². The molecule has 0 spiro atoms. The van der Waals surface area contributed by atoms with Crippen molar-refractivity contribution in [1.82, 2.24) is 0 Å². The smallest absolute Gasteiger partial charge is 0.462 e. The normalized spacial score (nSPS) is 19.7. The second-order valence-corrected chi connectivity index (χ2v) is 12.0. The molecule has 1 atom stereocenters. The molecule has 2 fully saturated rings. The maximum Gasteiger partial charge on any atom is 0.514 e. The molecule has 1 unspecified atom stereocenters. The zero-order valence-corrected chi connectivity index (χ0v) is 27.0. The SMILES string of the molecule is CCCCCCC(CC/C=C/C(=O)OCC/C=C1/OC(=O)OC1(C)C)CCC/C=C/C(=O)OCC/C=C1/OC(=O)OC1(C)C. The second-order valence-electron chi connectivity index (χ2n) is 12.0. The second kappa shape index (κ2) is 19.0. The third-order valence-corrected chi connectivity index (χ3v) is 7.33. The van der Waals surface area contributed by atoms with Gasteiger partial charge in [-0.2, -0.15) is 0 Å². The fourth-order valence-corrected chi connectivity index (χ4v) is 4.86. The number of rotatable bonds is 20. The predicted molar refractivity (Wildman–Crippen MR) is 164 cm³/mol. The van der Waals surface area contributed by atoms with E-state index in [4.69, 9.17) is 28.4 Å². The zero-order chi connectivity index (χ0) is 32.4. The summed E-state index contributed by atoms with van der Waals surface area (Å²) in [5.41, 5.74) is -1.61. The van der Waals surface area contributed by atoms with Gasteiger partial charge in [0, 0.05) is 25.0 Å². The van der Waals surface area contributed by atoms with Gasteiger partial charge in [0.1, 0.15) is 0 Å². The molecule has 2 saturated heterocycles. The molecule has 2 rings (SSSR count). The standard InChI is InChI=1S/C34H50O10/c1-6-7-8-10-17-26(19-13-14-23-30(36)40-25-16-21-28-34(4,5)44-32(38)42-28)18-11-9-12-22-29(35)39-24-15-20-27-33(2,3)43-31(37)41-27/h12,14,20-23,26H,6-11,13,15-19,24-25H2,1-5H3/b22-12+,23-14+,27-20+,28-21+. The first kappa shape index (κ1) is 36.6. The monoisotopic (exact) mass is 618 g/mol. The van der Waals surface area contributed by atoms with Gasteiger partial charge in [-0.1, -0.05) is 57.6 Å². The molecule has 2 aliphatic rings. The minimum absolute atomic E-state index is 0.185. The summed E-state index contributed by atoms with van der Waals surface area (Å²) in [4.78, 5) is 46.6. The first-order chi connectivity index (χ1) is 20.9. The highest BCUT2D eigenvalue weighted by Crippen LogP contribution is 2.31. The van der Waals surface area contributed by atoms with Gasteiger partial charge in [-0.25, -0.2) is 19.2 Å². The van der Waals surface area contributed by atoms with Crippen LogP contribution in [-0.4, -0.2) is 48.7 Å². The molecule has 0 amide bonds. The molecule has 0 N–H and O–H groups in total. The van der Waals surface area contributed by atoms with E-state index in [1.54, 1.807) is 39.8 Å². The van der Waals surface area contributed by atoms with E-state index in [1.807, 2.05) is 12.2 Å². The van der Waals surface area contributed by atoms with Crippen LogP contribution in [0.15, 0.2) is 48.0 Å². The lowest BCUT2D eigenvalue weighted by Crippen LogP contribution is -2.20. The average molecular weight is 619 g/mol. The Morgan fingerprint density at radius 2 is 1.18 bits per heavy atom. The summed E-state index contributed by atoms with van der Waals surface area (Å²) in [7, 11) is 0. The molecular formula is C34H50O10. The topological polar surface area (TPSA) is 124 Å². The van der Waals surface area contributed by atoms with Gasteiger partial charge < -0.3 is 28.4 Å². The Morgan fingerprint density at radius 1 is 0.682 bits per heavy atom. The van der Waals surface area contributed by atoms with Crippen molar-refractivity contribution in [2.75, 3.05) is 13.2 Å². The average Bonchev–Trinajstić information content (AvgIpc) is 3.37. The molecule has 0 saturated carbocycles. The van der Waals surface area contributed by atoms with Crippen LogP contribution in [0.1, 0.15) is 112 Å². The van der Waals surface area contributed by atoms with Crippen LogP contribution in [-0.2, 0) is 38.0 Å². The Bertz CT molecular complexity index is 1080. The molecule has 0 bridgehead atoms. The van der Waals surface area contributed by atoms with Crippen LogP contribution in [0.2, 0.25) is 0 Å². The Hall–Kier alpha value is -3.56. The quantitative estimate of drug-likeness (QED) is 0.0571. The van der Waals surface area contributed by atoms with Gasteiger partial charge in [-0.05, 0) is 71.4 Å². The van der Waals surface area contributed by atoms with Crippen molar-refractivity contribution < 1.29 is 47.6 Å². The van der Waals surface area contributed by atoms with Crippen molar-refractivity contribution in [3.05, 3.63) is 48.0 Å². The van der Waals surface area contributed by atoms with E-state index in [1.165, 1.54) is 37.8 Å². The molecule has 0 aromatic rings. The highest BCUT2D eigenvalue weighted by molar-refractivity contribution is 5.82. The Labute approximate surface area is 261 Å². The van der Waals surface area contributed by atoms with Crippen molar-refractivity contribution in [1.29, 1.82) is 0 Å². The fourth-order valence-electron chi connectivity index (χ4n) is 4.86. The maximum atomic E-state index is 12.1. The lowest BCUT2D eigenvalue weighted by Gasteiger charge is -2.15. The summed E-state index contributed by atoms with van der Waals surface area (Å²) in [6, 6.07) is 0. The highest BCUT2D eigenvalue weighted by atomic mass is 16.8. The first-order valence-corrected chi connectivity index (χ1v) is 15.8. The summed E-state index contributed by atoms with van der Waals surface area (Å²) < 4.78 is 30.6. The summed E-state index contributed by atoms with van der Waals surface area (Å²) in [5, 5.41) is 0. The van der Waals surface area contributed by atoms with Crippen molar-refractivity contribution in [3.63, 3.8) is 0 Å². The number of esters is 2.